The van der Waals surface area contributed by atoms with Gasteiger partial charge in [0.05, 0.1) is 5.75 Å². The highest BCUT2D eigenvalue weighted by atomic mass is 32.2. The number of hydrogen-bond acceptors (Lipinski definition) is 4. The van der Waals surface area contributed by atoms with Gasteiger partial charge in [0.15, 0.2) is 0 Å². The van der Waals surface area contributed by atoms with E-state index in [2.05, 4.69) is 12.2 Å². The molecule has 0 aliphatic carbocycles. The Bertz CT molecular complexity index is 240. The maximum absolute atomic E-state index is 11.3. The zero-order chi connectivity index (χ0) is 11.7. The van der Waals surface area contributed by atoms with E-state index in [-0.39, 0.29) is 5.75 Å². The molecule has 0 saturated heterocycles. The largest absolute Gasteiger partial charge is 0.316 e. The number of thioether (sulfide) groups is 1. The highest BCUT2D eigenvalue weighted by Gasteiger charge is 2.11. The Labute approximate surface area is 97.9 Å². The molecule has 15 heavy (non-hydrogen) atoms. The van der Waals surface area contributed by atoms with E-state index in [9.17, 15) is 8.42 Å². The summed E-state index contributed by atoms with van der Waals surface area (Å²) in [7, 11) is 0.0955. The molecule has 0 heterocycles. The summed E-state index contributed by atoms with van der Waals surface area (Å²) in [5.74, 6) is 2.47. The second-order valence-corrected chi connectivity index (χ2v) is 7.10. The number of nitrogens with zero attached hydrogens (tertiary/aromatic N) is 1. The molecule has 0 spiro atoms. The molecule has 0 aromatic carbocycles. The fourth-order valence-electron chi connectivity index (χ4n) is 0.952. The number of rotatable bonds is 9. The molecule has 0 unspecified atom stereocenters. The average molecular weight is 254 g/mol. The van der Waals surface area contributed by atoms with Crippen molar-refractivity contribution >= 4 is 21.8 Å². The molecule has 0 radical (unpaired) electrons. The van der Waals surface area contributed by atoms with Gasteiger partial charge in [-0.25, -0.2) is 12.7 Å². The lowest BCUT2D eigenvalue weighted by Crippen LogP contribution is -2.31. The van der Waals surface area contributed by atoms with E-state index in [1.807, 2.05) is 11.8 Å². The Balaban J connectivity index is 3.39. The molecule has 0 aromatic rings. The summed E-state index contributed by atoms with van der Waals surface area (Å²) in [5, 5.41) is 3.14. The third-order valence-electron chi connectivity index (χ3n) is 1.94. The van der Waals surface area contributed by atoms with Crippen LogP contribution in [0.15, 0.2) is 0 Å². The van der Waals surface area contributed by atoms with E-state index in [0.29, 0.717) is 6.54 Å². The third-order valence-corrected chi connectivity index (χ3v) is 4.76. The van der Waals surface area contributed by atoms with Crippen molar-refractivity contribution in [1.82, 2.24) is 9.62 Å². The van der Waals surface area contributed by atoms with Crippen molar-refractivity contribution in [3.8, 4) is 0 Å². The predicted molar refractivity (Wildman–Crippen MR) is 68.0 cm³/mol. The van der Waals surface area contributed by atoms with E-state index in [1.54, 1.807) is 14.1 Å². The van der Waals surface area contributed by atoms with Crippen molar-refractivity contribution in [3.05, 3.63) is 0 Å². The second kappa shape index (κ2) is 8.38. The molecule has 0 aliphatic rings. The van der Waals surface area contributed by atoms with Crippen LogP contribution in [-0.4, -0.2) is 57.2 Å². The lowest BCUT2D eigenvalue weighted by atomic mass is 10.5. The molecule has 1 N–H and O–H groups in total. The molecule has 0 aliphatic heterocycles. The molecular weight excluding hydrogens is 232 g/mol. The van der Waals surface area contributed by atoms with Crippen LogP contribution in [0, 0.1) is 0 Å². The summed E-state index contributed by atoms with van der Waals surface area (Å²) in [6.45, 7) is 3.58. The summed E-state index contributed by atoms with van der Waals surface area (Å²) in [5.41, 5.74) is 0. The minimum atomic E-state index is -3.03. The van der Waals surface area contributed by atoms with E-state index < -0.39 is 10.0 Å². The first kappa shape index (κ1) is 15.2. The maximum Gasteiger partial charge on any atom is 0.214 e. The van der Waals surface area contributed by atoms with Gasteiger partial charge in [-0.2, -0.15) is 11.8 Å². The van der Waals surface area contributed by atoms with Gasteiger partial charge in [0.1, 0.15) is 0 Å². The van der Waals surface area contributed by atoms with Gasteiger partial charge in [-0.15, -0.1) is 0 Å². The molecule has 0 saturated carbocycles. The highest BCUT2D eigenvalue weighted by molar-refractivity contribution is 7.99. The van der Waals surface area contributed by atoms with Crippen molar-refractivity contribution in [2.45, 2.75) is 13.3 Å². The van der Waals surface area contributed by atoms with Gasteiger partial charge < -0.3 is 5.32 Å². The van der Waals surface area contributed by atoms with Crippen molar-refractivity contribution < 1.29 is 8.42 Å². The van der Waals surface area contributed by atoms with Crippen LogP contribution in [0.2, 0.25) is 0 Å². The van der Waals surface area contributed by atoms with Gasteiger partial charge in [0.2, 0.25) is 10.0 Å². The fraction of sp³-hybridized carbons (Fsp3) is 1.00. The van der Waals surface area contributed by atoms with E-state index in [1.165, 1.54) is 4.31 Å². The van der Waals surface area contributed by atoms with Crippen LogP contribution in [-0.2, 0) is 10.0 Å². The minimum absolute atomic E-state index is 0.181. The van der Waals surface area contributed by atoms with Gasteiger partial charge in [-0.05, 0) is 24.5 Å². The van der Waals surface area contributed by atoms with Crippen LogP contribution in [0.1, 0.15) is 13.3 Å². The predicted octanol–water partition coefficient (Wildman–Crippen LogP) is 0.611. The first-order valence-corrected chi connectivity index (χ1v) is 7.95. The zero-order valence-electron chi connectivity index (χ0n) is 9.82. The van der Waals surface area contributed by atoms with Crippen molar-refractivity contribution in [1.29, 1.82) is 0 Å². The quantitative estimate of drug-likeness (QED) is 0.613. The molecule has 6 heteroatoms. The average Bonchev–Trinajstić information content (AvgIpc) is 2.16. The summed E-state index contributed by atoms with van der Waals surface area (Å²) < 4.78 is 24.0. The van der Waals surface area contributed by atoms with Crippen molar-refractivity contribution in [2.24, 2.45) is 0 Å². The first-order valence-electron chi connectivity index (χ1n) is 5.19. The van der Waals surface area contributed by atoms with Gasteiger partial charge in [-0.3, -0.25) is 0 Å². The summed E-state index contributed by atoms with van der Waals surface area (Å²) in [6, 6.07) is 0. The Morgan fingerprint density at radius 3 is 2.47 bits per heavy atom. The number of sulfonamides is 1. The third kappa shape index (κ3) is 8.07. The zero-order valence-corrected chi connectivity index (χ0v) is 11.5. The molecule has 4 nitrogen and oxygen atoms in total. The van der Waals surface area contributed by atoms with Crippen molar-refractivity contribution in [3.63, 3.8) is 0 Å². The summed E-state index contributed by atoms with van der Waals surface area (Å²) in [6.07, 6.45) is 1.10. The van der Waals surface area contributed by atoms with E-state index in [0.717, 1.165) is 24.5 Å². The standard InChI is InChI=1S/C9H22N2O2S2/c1-4-14-8-5-6-10-7-9-15(12,13)11(2)3/h10H,4-9H2,1-3H3. The molecule has 0 rings (SSSR count). The summed E-state index contributed by atoms with van der Waals surface area (Å²) >= 11 is 1.91. The molecule has 0 bridgehead atoms. The summed E-state index contributed by atoms with van der Waals surface area (Å²) in [4.78, 5) is 0. The molecular formula is C9H22N2O2S2. The monoisotopic (exact) mass is 254 g/mol. The number of nitrogens with one attached hydrogen (secondary N) is 1. The molecule has 92 valence electrons. The minimum Gasteiger partial charge on any atom is -0.316 e. The topological polar surface area (TPSA) is 49.4 Å². The smallest absolute Gasteiger partial charge is 0.214 e. The fourth-order valence-corrected chi connectivity index (χ4v) is 2.36. The normalized spacial score (nSPS) is 12.3. The SMILES string of the molecule is CCSCCCNCCS(=O)(=O)N(C)C. The Morgan fingerprint density at radius 1 is 1.27 bits per heavy atom. The van der Waals surface area contributed by atoms with E-state index in [4.69, 9.17) is 0 Å². The first-order chi connectivity index (χ1) is 7.00. The molecule has 0 aromatic heterocycles. The van der Waals surface area contributed by atoms with Crippen LogP contribution in [0.25, 0.3) is 0 Å². The lowest BCUT2D eigenvalue weighted by Gasteiger charge is -2.11. The van der Waals surface area contributed by atoms with Gasteiger partial charge in [0.25, 0.3) is 0 Å². The maximum atomic E-state index is 11.3. The Hall–Kier alpha value is 0.220. The molecule has 0 fully saturated rings. The molecule has 0 atom stereocenters. The van der Waals surface area contributed by atoms with Gasteiger partial charge in [0, 0.05) is 20.6 Å². The van der Waals surface area contributed by atoms with Crippen LogP contribution in [0.4, 0.5) is 0 Å². The Kier molecular flexibility index (Phi) is 8.50. The van der Waals surface area contributed by atoms with E-state index >= 15 is 0 Å². The molecule has 0 amide bonds. The van der Waals surface area contributed by atoms with Crippen LogP contribution in [0.5, 0.6) is 0 Å². The second-order valence-electron chi connectivity index (χ2n) is 3.40. The van der Waals surface area contributed by atoms with Crippen molar-refractivity contribution in [2.75, 3.05) is 44.4 Å². The van der Waals surface area contributed by atoms with Crippen LogP contribution < -0.4 is 5.32 Å². The highest BCUT2D eigenvalue weighted by Crippen LogP contribution is 1.99. The van der Waals surface area contributed by atoms with Gasteiger partial charge >= 0.3 is 0 Å². The number of hydrogen-bond donors (Lipinski definition) is 1. The lowest BCUT2D eigenvalue weighted by molar-refractivity contribution is 0.517. The van der Waals surface area contributed by atoms with Gasteiger partial charge in [-0.1, -0.05) is 6.92 Å². The van der Waals surface area contributed by atoms with Crippen LogP contribution >= 0.6 is 11.8 Å². The van der Waals surface area contributed by atoms with Crippen LogP contribution in [0.3, 0.4) is 0 Å². The Morgan fingerprint density at radius 2 is 1.93 bits per heavy atom.